The largest absolute Gasteiger partial charge is 0.496 e. The molecule has 1 nitrogen and oxygen atoms in total. The van der Waals surface area contributed by atoms with E-state index in [1.54, 1.807) is 7.11 Å². The van der Waals surface area contributed by atoms with Crippen LogP contribution in [0.15, 0.2) is 45.8 Å². The summed E-state index contributed by atoms with van der Waals surface area (Å²) in [5.41, 5.74) is 0.950. The van der Waals surface area contributed by atoms with Gasteiger partial charge in [0.2, 0.25) is 0 Å². The fourth-order valence-electron chi connectivity index (χ4n) is 1.61. The third-order valence-corrected chi connectivity index (χ3v) is 4.11. The molecule has 0 amide bonds. The molecule has 0 aromatic heterocycles. The first-order chi connectivity index (χ1) is 9.10. The van der Waals surface area contributed by atoms with E-state index in [2.05, 4.69) is 15.9 Å². The maximum Gasteiger partial charge on any atom is 0.139 e. The predicted molar refractivity (Wildman–Crippen MR) is 76.6 cm³/mol. The SMILES string of the molecule is COc1ccc(Br)cc1CSc1ccc(F)cc1F. The highest BCUT2D eigenvalue weighted by Crippen LogP contribution is 2.31. The molecule has 0 spiro atoms. The lowest BCUT2D eigenvalue weighted by Crippen LogP contribution is -1.91. The molecule has 0 aliphatic rings. The third-order valence-electron chi connectivity index (χ3n) is 2.52. The van der Waals surface area contributed by atoms with Crippen LogP contribution < -0.4 is 4.74 Å². The van der Waals surface area contributed by atoms with Gasteiger partial charge in [0.15, 0.2) is 0 Å². The Balaban J connectivity index is 2.16. The molecular formula is C14H11BrF2OS. The number of benzene rings is 2. The molecule has 0 atom stereocenters. The molecule has 5 heteroatoms. The monoisotopic (exact) mass is 344 g/mol. The van der Waals surface area contributed by atoms with E-state index in [4.69, 9.17) is 4.74 Å². The van der Waals surface area contributed by atoms with Crippen LogP contribution in [-0.2, 0) is 5.75 Å². The second-order valence-electron chi connectivity index (χ2n) is 3.82. The highest BCUT2D eigenvalue weighted by molar-refractivity contribution is 9.10. The van der Waals surface area contributed by atoms with Gasteiger partial charge in [-0.05, 0) is 30.3 Å². The Morgan fingerprint density at radius 3 is 2.63 bits per heavy atom. The lowest BCUT2D eigenvalue weighted by atomic mass is 10.2. The van der Waals surface area contributed by atoms with Crippen molar-refractivity contribution in [2.75, 3.05) is 7.11 Å². The van der Waals surface area contributed by atoms with Crippen molar-refractivity contribution in [3.05, 3.63) is 58.1 Å². The van der Waals surface area contributed by atoms with Gasteiger partial charge < -0.3 is 4.74 Å². The summed E-state index contributed by atoms with van der Waals surface area (Å²) in [5.74, 6) is 0.185. The zero-order chi connectivity index (χ0) is 13.8. The van der Waals surface area contributed by atoms with Gasteiger partial charge in [-0.1, -0.05) is 15.9 Å². The van der Waals surface area contributed by atoms with Crippen LogP contribution in [0.5, 0.6) is 5.75 Å². The first kappa shape index (κ1) is 14.3. The summed E-state index contributed by atoms with van der Waals surface area (Å²) in [6.07, 6.45) is 0. The highest BCUT2D eigenvalue weighted by Gasteiger charge is 2.08. The molecular weight excluding hydrogens is 334 g/mol. The molecule has 2 rings (SSSR count). The zero-order valence-electron chi connectivity index (χ0n) is 10.1. The van der Waals surface area contributed by atoms with Gasteiger partial charge in [0, 0.05) is 26.8 Å². The quantitative estimate of drug-likeness (QED) is 0.719. The molecule has 0 heterocycles. The van der Waals surface area contributed by atoms with Gasteiger partial charge >= 0.3 is 0 Å². The molecule has 2 aromatic carbocycles. The number of hydrogen-bond donors (Lipinski definition) is 0. The molecule has 0 saturated heterocycles. The van der Waals surface area contributed by atoms with Gasteiger partial charge in [0.1, 0.15) is 17.4 Å². The first-order valence-electron chi connectivity index (χ1n) is 5.50. The van der Waals surface area contributed by atoms with Gasteiger partial charge in [0.25, 0.3) is 0 Å². The van der Waals surface area contributed by atoms with Crippen molar-refractivity contribution in [3.63, 3.8) is 0 Å². The van der Waals surface area contributed by atoms with Crippen LogP contribution in [0.1, 0.15) is 5.56 Å². The molecule has 0 N–H and O–H groups in total. The minimum atomic E-state index is -0.568. The van der Waals surface area contributed by atoms with Gasteiger partial charge in [0.05, 0.1) is 7.11 Å². The van der Waals surface area contributed by atoms with Crippen LogP contribution in [0.3, 0.4) is 0 Å². The maximum absolute atomic E-state index is 13.5. The molecule has 0 aliphatic heterocycles. The molecule has 0 aliphatic carbocycles. The van der Waals surface area contributed by atoms with Crippen molar-refractivity contribution in [3.8, 4) is 5.75 Å². The number of rotatable bonds is 4. The van der Waals surface area contributed by atoms with Crippen molar-refractivity contribution in [2.24, 2.45) is 0 Å². The fourth-order valence-corrected chi connectivity index (χ4v) is 2.91. The summed E-state index contributed by atoms with van der Waals surface area (Å²) < 4.78 is 32.5. The Bertz CT molecular complexity index is 590. The number of halogens is 3. The average molecular weight is 345 g/mol. The summed E-state index contributed by atoms with van der Waals surface area (Å²) in [4.78, 5) is 0.420. The van der Waals surface area contributed by atoms with Gasteiger partial charge in [-0.3, -0.25) is 0 Å². The predicted octanol–water partition coefficient (Wildman–Crippen LogP) is 5.03. The molecule has 0 unspecified atom stereocenters. The average Bonchev–Trinajstić information content (AvgIpc) is 2.38. The van der Waals surface area contributed by atoms with Crippen molar-refractivity contribution >= 4 is 27.7 Å². The van der Waals surface area contributed by atoms with Crippen molar-refractivity contribution in [1.29, 1.82) is 0 Å². The minimum Gasteiger partial charge on any atom is -0.496 e. The van der Waals surface area contributed by atoms with Crippen molar-refractivity contribution in [1.82, 2.24) is 0 Å². The van der Waals surface area contributed by atoms with Crippen LogP contribution in [-0.4, -0.2) is 7.11 Å². The topological polar surface area (TPSA) is 9.23 Å². The highest BCUT2D eigenvalue weighted by atomic mass is 79.9. The van der Waals surface area contributed by atoms with Crippen LogP contribution in [0.2, 0.25) is 0 Å². The molecule has 2 aromatic rings. The standard InChI is InChI=1S/C14H11BrF2OS/c1-18-13-4-2-10(15)6-9(13)8-19-14-5-3-11(16)7-12(14)17/h2-7H,8H2,1H3. The van der Waals surface area contributed by atoms with Gasteiger partial charge in [-0.15, -0.1) is 11.8 Å². The Morgan fingerprint density at radius 1 is 1.16 bits per heavy atom. The second-order valence-corrected chi connectivity index (χ2v) is 5.75. The smallest absolute Gasteiger partial charge is 0.139 e. The number of methoxy groups -OCH3 is 1. The van der Waals surface area contributed by atoms with E-state index >= 15 is 0 Å². The Hall–Kier alpha value is -1.07. The molecule has 0 fully saturated rings. The maximum atomic E-state index is 13.5. The van der Waals surface area contributed by atoms with E-state index in [9.17, 15) is 8.78 Å². The fraction of sp³-hybridized carbons (Fsp3) is 0.143. The van der Waals surface area contributed by atoms with Crippen LogP contribution in [0, 0.1) is 11.6 Å². The summed E-state index contributed by atoms with van der Waals surface area (Å²) in [6.45, 7) is 0. The molecule has 0 bridgehead atoms. The van der Waals surface area contributed by atoms with E-state index in [-0.39, 0.29) is 0 Å². The Labute approximate surface area is 123 Å². The molecule has 0 radical (unpaired) electrons. The Kier molecular flexibility index (Phi) is 4.82. The molecule has 19 heavy (non-hydrogen) atoms. The number of ether oxygens (including phenoxy) is 1. The third kappa shape index (κ3) is 3.70. The van der Waals surface area contributed by atoms with Crippen molar-refractivity contribution < 1.29 is 13.5 Å². The van der Waals surface area contributed by atoms with E-state index < -0.39 is 11.6 Å². The van der Waals surface area contributed by atoms with Crippen LogP contribution in [0.4, 0.5) is 8.78 Å². The summed E-state index contributed by atoms with van der Waals surface area (Å²) in [6, 6.07) is 9.24. The van der Waals surface area contributed by atoms with Gasteiger partial charge in [-0.2, -0.15) is 0 Å². The lowest BCUT2D eigenvalue weighted by molar-refractivity contribution is 0.411. The van der Waals surface area contributed by atoms with E-state index in [0.29, 0.717) is 10.6 Å². The molecule has 100 valence electrons. The van der Waals surface area contributed by atoms with Crippen LogP contribution in [0.25, 0.3) is 0 Å². The zero-order valence-corrected chi connectivity index (χ0v) is 12.5. The number of thioether (sulfide) groups is 1. The van der Waals surface area contributed by atoms with E-state index in [1.807, 2.05) is 18.2 Å². The summed E-state index contributed by atoms with van der Waals surface area (Å²) in [5, 5.41) is 0. The lowest BCUT2D eigenvalue weighted by Gasteiger charge is -2.09. The first-order valence-corrected chi connectivity index (χ1v) is 7.28. The van der Waals surface area contributed by atoms with E-state index in [0.717, 1.165) is 21.9 Å². The summed E-state index contributed by atoms with van der Waals surface area (Å²) >= 11 is 4.69. The molecule has 0 saturated carbocycles. The summed E-state index contributed by atoms with van der Waals surface area (Å²) in [7, 11) is 1.59. The van der Waals surface area contributed by atoms with Crippen LogP contribution >= 0.6 is 27.7 Å². The van der Waals surface area contributed by atoms with Gasteiger partial charge in [-0.25, -0.2) is 8.78 Å². The second kappa shape index (κ2) is 6.39. The minimum absolute atomic E-state index is 0.420. The number of hydrogen-bond acceptors (Lipinski definition) is 2. The normalized spacial score (nSPS) is 10.5. The van der Waals surface area contributed by atoms with Crippen molar-refractivity contribution in [2.45, 2.75) is 10.6 Å². The Morgan fingerprint density at radius 2 is 1.95 bits per heavy atom. The van der Waals surface area contributed by atoms with E-state index in [1.165, 1.54) is 23.9 Å².